The molecule has 0 aliphatic rings. The third-order valence-electron chi connectivity index (χ3n) is 9.07. The molecule has 388 valence electrons. The molecule has 0 aromatic rings. The van der Waals surface area contributed by atoms with Crippen LogP contribution in [0.2, 0.25) is 0 Å². The molecule has 0 rings (SSSR count). The van der Waals surface area contributed by atoms with Crippen molar-refractivity contribution in [3.8, 4) is 0 Å². The van der Waals surface area contributed by atoms with Gasteiger partial charge in [-0.1, -0.05) is 0 Å². The van der Waals surface area contributed by atoms with Crippen LogP contribution < -0.4 is 0 Å². The Morgan fingerprint density at radius 3 is 0.538 bits per heavy atom. The van der Waals surface area contributed by atoms with Crippen molar-refractivity contribution in [2.24, 2.45) is 0 Å². The van der Waals surface area contributed by atoms with Crippen LogP contribution in [0.25, 0.3) is 0 Å². The van der Waals surface area contributed by atoms with Crippen LogP contribution in [0, 0.1) is 0 Å². The molecule has 0 saturated heterocycles. The van der Waals surface area contributed by atoms with Crippen LogP contribution in [-0.2, 0) is 80.6 Å². The van der Waals surface area contributed by atoms with Gasteiger partial charge in [0.25, 0.3) is 0 Å². The molecular formula is C46H90O19. The topological polar surface area (TPSA) is 213 Å². The summed E-state index contributed by atoms with van der Waals surface area (Å²) in [7, 11) is 0. The number of carboxylic acids is 2. The first-order valence-corrected chi connectivity index (χ1v) is 23.3. The van der Waals surface area contributed by atoms with Gasteiger partial charge in [0.15, 0.2) is 0 Å². The van der Waals surface area contributed by atoms with E-state index in [1.807, 2.05) is 90.0 Å². The van der Waals surface area contributed by atoms with Gasteiger partial charge in [-0.2, -0.15) is 0 Å². The Morgan fingerprint density at radius 2 is 0.385 bits per heavy atom. The number of hydrogen-bond donors (Lipinski definition) is 2. The molecule has 0 saturated carbocycles. The minimum Gasteiger partial charge on any atom is -0.480 e. The van der Waals surface area contributed by atoms with Crippen molar-refractivity contribution in [2.75, 3.05) is 106 Å². The van der Waals surface area contributed by atoms with E-state index in [1.165, 1.54) is 0 Å². The molecule has 19 nitrogen and oxygen atoms in total. The van der Waals surface area contributed by atoms with Crippen LogP contribution in [-0.4, -0.2) is 213 Å². The molecule has 0 aliphatic carbocycles. The fraction of sp³-hybridized carbons (Fsp3) is 0.957. The van der Waals surface area contributed by atoms with E-state index < -0.39 is 11.9 Å². The summed E-state index contributed by atoms with van der Waals surface area (Å²) >= 11 is 0. The molecule has 65 heavy (non-hydrogen) atoms. The van der Waals surface area contributed by atoms with Crippen molar-refractivity contribution in [3.05, 3.63) is 0 Å². The first-order chi connectivity index (χ1) is 30.6. The standard InChI is InChI=1S/C46H90O19/c1-31(15-51-29-45(47)48)52-16-32(2)53-17-33(3)54-18-34(4)55-19-35(5)56-20-36(6)57-21-37(7)58-22-38(8)59-23-39(9)60-24-40(10)61-25-41(11)62-26-42(12)63-27-43(13)64-28-44(14)65-30-46(49)50/h31-44H,15-30H2,1-14H3,(H,47,48)(H,49,50). The van der Waals surface area contributed by atoms with Gasteiger partial charge in [-0.3, -0.25) is 0 Å². The smallest absolute Gasteiger partial charge is 0.329 e. The number of carboxylic acid groups (broad SMARTS) is 2. The summed E-state index contributed by atoms with van der Waals surface area (Å²) in [4.78, 5) is 21.2. The maximum atomic E-state index is 10.6. The summed E-state index contributed by atoms with van der Waals surface area (Å²) in [6.07, 6.45) is -2.16. The monoisotopic (exact) mass is 947 g/mol. The lowest BCUT2D eigenvalue weighted by atomic mass is 10.3. The quantitative estimate of drug-likeness (QED) is 0.0835. The summed E-state index contributed by atoms with van der Waals surface area (Å²) in [5.74, 6) is -2.02. The van der Waals surface area contributed by atoms with Crippen molar-refractivity contribution in [2.45, 2.75) is 182 Å². The Balaban J connectivity index is 3.99. The van der Waals surface area contributed by atoms with E-state index in [-0.39, 0.29) is 112 Å². The molecule has 2 N–H and O–H groups in total. The highest BCUT2D eigenvalue weighted by molar-refractivity contribution is 5.68. The minimum absolute atomic E-state index is 0.124. The van der Waals surface area contributed by atoms with Crippen molar-refractivity contribution < 1.29 is 90.9 Å². The third-order valence-corrected chi connectivity index (χ3v) is 9.07. The first kappa shape index (κ1) is 63.3. The van der Waals surface area contributed by atoms with Gasteiger partial charge in [-0.05, 0) is 96.9 Å². The number of hydrogen-bond acceptors (Lipinski definition) is 17. The molecule has 0 aliphatic heterocycles. The van der Waals surface area contributed by atoms with Crippen LogP contribution in [0.15, 0.2) is 0 Å². The van der Waals surface area contributed by atoms with E-state index in [9.17, 15) is 9.59 Å². The summed E-state index contributed by atoms with van der Waals surface area (Å²) in [6, 6.07) is 0. The summed E-state index contributed by atoms with van der Waals surface area (Å²) in [5, 5.41) is 17.3. The van der Waals surface area contributed by atoms with Crippen LogP contribution in [0.1, 0.15) is 96.9 Å². The zero-order chi connectivity index (χ0) is 49.2. The second kappa shape index (κ2) is 39.2. The second-order valence-corrected chi connectivity index (χ2v) is 17.3. The number of ether oxygens (including phenoxy) is 15. The molecule has 0 bridgehead atoms. The average molecular weight is 947 g/mol. The van der Waals surface area contributed by atoms with Gasteiger partial charge in [-0.25, -0.2) is 9.59 Å². The van der Waals surface area contributed by atoms with Gasteiger partial charge in [0.1, 0.15) is 13.2 Å². The van der Waals surface area contributed by atoms with E-state index in [0.717, 1.165) is 0 Å². The maximum Gasteiger partial charge on any atom is 0.329 e. The predicted octanol–water partition coefficient (Wildman–Crippen LogP) is 4.84. The molecule has 0 spiro atoms. The average Bonchev–Trinajstić information content (AvgIpc) is 3.26. The highest BCUT2D eigenvalue weighted by Gasteiger charge is 2.17. The fourth-order valence-corrected chi connectivity index (χ4v) is 5.10. The van der Waals surface area contributed by atoms with Gasteiger partial charge in [0.05, 0.1) is 178 Å². The van der Waals surface area contributed by atoms with Crippen LogP contribution in [0.4, 0.5) is 0 Å². The normalized spacial score (nSPS) is 18.7. The summed E-state index contributed by atoms with van der Waals surface area (Å²) < 4.78 is 86.6. The molecule has 0 heterocycles. The Kier molecular flexibility index (Phi) is 38.2. The Hall–Kier alpha value is -1.66. The first-order valence-electron chi connectivity index (χ1n) is 23.3. The number of aliphatic carboxylic acids is 2. The van der Waals surface area contributed by atoms with Crippen LogP contribution in [0.5, 0.6) is 0 Å². The highest BCUT2D eigenvalue weighted by atomic mass is 16.6. The Labute approximate surface area is 390 Å². The molecule has 0 aromatic carbocycles. The van der Waals surface area contributed by atoms with E-state index >= 15 is 0 Å². The lowest BCUT2D eigenvalue weighted by Gasteiger charge is -2.23. The van der Waals surface area contributed by atoms with Crippen LogP contribution >= 0.6 is 0 Å². The van der Waals surface area contributed by atoms with E-state index in [2.05, 4.69) is 0 Å². The van der Waals surface area contributed by atoms with Crippen molar-refractivity contribution >= 4 is 11.9 Å². The van der Waals surface area contributed by atoms with E-state index in [0.29, 0.717) is 79.3 Å². The molecule has 14 unspecified atom stereocenters. The molecular weight excluding hydrogens is 856 g/mol. The lowest BCUT2D eigenvalue weighted by Crippen LogP contribution is -2.31. The molecule has 0 aromatic heterocycles. The maximum absolute atomic E-state index is 10.6. The molecule has 19 heteroatoms. The Morgan fingerprint density at radius 1 is 0.246 bits per heavy atom. The SMILES string of the molecule is CC(COCC(=O)O)OCC(C)OCC(C)OCC(C)OCC(C)OCC(C)OCC(C)OCC(C)OCC(C)OCC(C)OCC(C)OCC(C)OCC(C)OCC(C)OCC(=O)O. The predicted molar refractivity (Wildman–Crippen MR) is 242 cm³/mol. The molecule has 0 radical (unpaired) electrons. The number of rotatable bonds is 46. The van der Waals surface area contributed by atoms with E-state index in [1.54, 1.807) is 6.92 Å². The van der Waals surface area contributed by atoms with Gasteiger partial charge in [-0.15, -0.1) is 0 Å². The van der Waals surface area contributed by atoms with Gasteiger partial charge >= 0.3 is 11.9 Å². The molecule has 14 atom stereocenters. The number of carbonyl (C=O) groups is 2. The Bertz CT molecular complexity index is 1140. The highest BCUT2D eigenvalue weighted by Crippen LogP contribution is 2.08. The zero-order valence-corrected chi connectivity index (χ0v) is 42.2. The van der Waals surface area contributed by atoms with Gasteiger partial charge < -0.3 is 81.3 Å². The van der Waals surface area contributed by atoms with Crippen molar-refractivity contribution in [1.82, 2.24) is 0 Å². The van der Waals surface area contributed by atoms with Crippen molar-refractivity contribution in [1.29, 1.82) is 0 Å². The van der Waals surface area contributed by atoms with Gasteiger partial charge in [0, 0.05) is 0 Å². The lowest BCUT2D eigenvalue weighted by molar-refractivity contribution is -0.146. The summed E-state index contributed by atoms with van der Waals surface area (Å²) in [5.41, 5.74) is 0. The molecule has 0 fully saturated rings. The minimum atomic E-state index is -1.01. The zero-order valence-electron chi connectivity index (χ0n) is 42.2. The molecule has 0 amide bonds. The second-order valence-electron chi connectivity index (χ2n) is 17.3. The third kappa shape index (κ3) is 41.1. The van der Waals surface area contributed by atoms with Crippen LogP contribution in [0.3, 0.4) is 0 Å². The van der Waals surface area contributed by atoms with Crippen molar-refractivity contribution in [3.63, 3.8) is 0 Å². The van der Waals surface area contributed by atoms with Gasteiger partial charge in [0.2, 0.25) is 0 Å². The largest absolute Gasteiger partial charge is 0.480 e. The summed E-state index contributed by atoms with van der Waals surface area (Å²) in [6.45, 7) is 31.6. The fourth-order valence-electron chi connectivity index (χ4n) is 5.10. The van der Waals surface area contributed by atoms with E-state index in [4.69, 9.17) is 81.3 Å².